The van der Waals surface area contributed by atoms with Gasteiger partial charge in [-0.1, -0.05) is 78.4 Å². The van der Waals surface area contributed by atoms with E-state index in [4.69, 9.17) is 4.98 Å². The molecule has 0 radical (unpaired) electrons. The van der Waals surface area contributed by atoms with Crippen molar-refractivity contribution < 1.29 is 0 Å². The Hall–Kier alpha value is -3.92. The van der Waals surface area contributed by atoms with Gasteiger partial charge in [0, 0.05) is 22.9 Å². The van der Waals surface area contributed by atoms with Gasteiger partial charge in [0.2, 0.25) is 0 Å². The van der Waals surface area contributed by atoms with E-state index in [9.17, 15) is 0 Å². The van der Waals surface area contributed by atoms with Crippen LogP contribution in [0.4, 0.5) is 11.5 Å². The van der Waals surface area contributed by atoms with Crippen LogP contribution in [0.1, 0.15) is 5.56 Å². The van der Waals surface area contributed by atoms with Crippen LogP contribution in [0.15, 0.2) is 97.2 Å². The van der Waals surface area contributed by atoms with Crippen LogP contribution in [0, 0.1) is 6.92 Å². The number of hydrogen-bond acceptors (Lipinski definition) is 3. The average molecular weight is 376 g/mol. The molecule has 0 fully saturated rings. The van der Waals surface area contributed by atoms with E-state index in [0.717, 1.165) is 39.5 Å². The number of nitrogens with zero attached hydrogens (tertiary/aromatic N) is 3. The summed E-state index contributed by atoms with van der Waals surface area (Å²) in [6, 6.07) is 30.9. The lowest BCUT2D eigenvalue weighted by molar-refractivity contribution is 0.949. The molecule has 5 rings (SSSR count). The highest BCUT2D eigenvalue weighted by molar-refractivity contribution is 5.81. The van der Waals surface area contributed by atoms with E-state index in [-0.39, 0.29) is 0 Å². The number of hydrogen-bond donors (Lipinski definition) is 1. The number of rotatable bonds is 4. The first-order valence-corrected chi connectivity index (χ1v) is 9.61. The molecule has 5 aromatic rings. The van der Waals surface area contributed by atoms with E-state index in [1.165, 1.54) is 5.56 Å². The molecule has 3 aromatic carbocycles. The molecule has 2 heterocycles. The first-order valence-electron chi connectivity index (χ1n) is 9.61. The van der Waals surface area contributed by atoms with Crippen molar-refractivity contribution in [2.24, 2.45) is 0 Å². The second-order valence-corrected chi connectivity index (χ2v) is 7.04. The Morgan fingerprint density at radius 2 is 1.41 bits per heavy atom. The lowest BCUT2D eigenvalue weighted by atomic mass is 10.1. The SMILES string of the molecule is Cc1ccc(Nc2cc(-c3ccccc3)nc3c(-c4ccccc4)cnn23)cc1. The summed E-state index contributed by atoms with van der Waals surface area (Å²) in [5.41, 5.74) is 7.15. The van der Waals surface area contributed by atoms with Gasteiger partial charge in [-0.15, -0.1) is 0 Å². The van der Waals surface area contributed by atoms with Gasteiger partial charge in [-0.25, -0.2) is 4.98 Å². The number of fused-ring (bicyclic) bond motifs is 1. The van der Waals surface area contributed by atoms with E-state index < -0.39 is 0 Å². The summed E-state index contributed by atoms with van der Waals surface area (Å²) in [5, 5.41) is 8.14. The van der Waals surface area contributed by atoms with Crippen molar-refractivity contribution in [3.63, 3.8) is 0 Å². The van der Waals surface area contributed by atoms with Crippen molar-refractivity contribution in [3.05, 3.63) is 103 Å². The zero-order chi connectivity index (χ0) is 19.6. The van der Waals surface area contributed by atoms with Gasteiger partial charge in [0.05, 0.1) is 11.9 Å². The van der Waals surface area contributed by atoms with Crippen molar-refractivity contribution in [2.75, 3.05) is 5.32 Å². The molecule has 2 aromatic heterocycles. The number of aryl methyl sites for hydroxylation is 1. The number of nitrogens with one attached hydrogen (secondary N) is 1. The van der Waals surface area contributed by atoms with Crippen molar-refractivity contribution >= 4 is 17.2 Å². The van der Waals surface area contributed by atoms with E-state index in [0.29, 0.717) is 0 Å². The Kier molecular flexibility index (Phi) is 4.30. The molecule has 0 unspecified atom stereocenters. The van der Waals surface area contributed by atoms with Crippen molar-refractivity contribution in [1.29, 1.82) is 0 Å². The lowest BCUT2D eigenvalue weighted by Crippen LogP contribution is -2.02. The second kappa shape index (κ2) is 7.24. The van der Waals surface area contributed by atoms with E-state index in [1.807, 2.05) is 53.2 Å². The highest BCUT2D eigenvalue weighted by Gasteiger charge is 2.14. The summed E-state index contributed by atoms with van der Waals surface area (Å²) >= 11 is 0. The summed E-state index contributed by atoms with van der Waals surface area (Å²) < 4.78 is 1.87. The number of anilines is 2. The molecule has 29 heavy (non-hydrogen) atoms. The molecule has 140 valence electrons. The maximum absolute atomic E-state index is 4.96. The molecule has 4 heteroatoms. The average Bonchev–Trinajstić information content (AvgIpc) is 3.21. The predicted octanol–water partition coefficient (Wildman–Crippen LogP) is 6.12. The molecule has 0 aliphatic heterocycles. The van der Waals surface area contributed by atoms with Gasteiger partial charge in [-0.3, -0.25) is 0 Å². The summed E-state index contributed by atoms with van der Waals surface area (Å²) in [5.74, 6) is 0.875. The van der Waals surface area contributed by atoms with Crippen LogP contribution >= 0.6 is 0 Å². The standard InChI is InChI=1S/C25H20N4/c1-18-12-14-21(15-13-18)27-24-16-23(20-10-6-3-7-11-20)28-25-22(17-26-29(24)25)19-8-4-2-5-9-19/h2-17,27H,1H3. The smallest absolute Gasteiger partial charge is 0.165 e. The van der Waals surface area contributed by atoms with Gasteiger partial charge in [-0.05, 0) is 24.6 Å². The highest BCUT2D eigenvalue weighted by atomic mass is 15.3. The molecule has 0 aliphatic carbocycles. The van der Waals surface area contributed by atoms with Crippen LogP contribution in [-0.4, -0.2) is 14.6 Å². The van der Waals surface area contributed by atoms with Crippen LogP contribution in [0.2, 0.25) is 0 Å². The highest BCUT2D eigenvalue weighted by Crippen LogP contribution is 2.30. The van der Waals surface area contributed by atoms with Crippen LogP contribution in [0.5, 0.6) is 0 Å². The maximum atomic E-state index is 4.96. The molecule has 0 atom stereocenters. The van der Waals surface area contributed by atoms with Gasteiger partial charge in [0.1, 0.15) is 5.82 Å². The van der Waals surface area contributed by atoms with Gasteiger partial charge in [-0.2, -0.15) is 9.61 Å². The quantitative estimate of drug-likeness (QED) is 0.411. The Labute approximate surface area is 169 Å². The molecule has 4 nitrogen and oxygen atoms in total. The third kappa shape index (κ3) is 3.36. The molecule has 0 spiro atoms. The van der Waals surface area contributed by atoms with Crippen LogP contribution < -0.4 is 5.32 Å². The fourth-order valence-electron chi connectivity index (χ4n) is 3.41. The molecule has 0 aliphatic rings. The number of aromatic nitrogens is 3. The van der Waals surface area contributed by atoms with E-state index in [2.05, 4.69) is 65.9 Å². The zero-order valence-electron chi connectivity index (χ0n) is 16.1. The Morgan fingerprint density at radius 1 is 0.759 bits per heavy atom. The third-order valence-corrected chi connectivity index (χ3v) is 4.95. The number of benzene rings is 3. The summed E-state index contributed by atoms with van der Waals surface area (Å²) in [6.45, 7) is 2.08. The van der Waals surface area contributed by atoms with Crippen molar-refractivity contribution in [2.45, 2.75) is 6.92 Å². The lowest BCUT2D eigenvalue weighted by Gasteiger charge is -2.12. The Morgan fingerprint density at radius 3 is 2.10 bits per heavy atom. The van der Waals surface area contributed by atoms with Gasteiger partial charge < -0.3 is 5.32 Å². The fraction of sp³-hybridized carbons (Fsp3) is 0.0400. The van der Waals surface area contributed by atoms with Crippen molar-refractivity contribution in [1.82, 2.24) is 14.6 Å². The molecular weight excluding hydrogens is 356 g/mol. The molecule has 0 saturated carbocycles. The first-order chi connectivity index (χ1) is 14.3. The van der Waals surface area contributed by atoms with Gasteiger partial charge >= 0.3 is 0 Å². The fourth-order valence-corrected chi connectivity index (χ4v) is 3.41. The largest absolute Gasteiger partial charge is 0.340 e. The molecule has 0 bridgehead atoms. The van der Waals surface area contributed by atoms with Crippen molar-refractivity contribution in [3.8, 4) is 22.4 Å². The molecule has 1 N–H and O–H groups in total. The van der Waals surface area contributed by atoms with Crippen LogP contribution in [-0.2, 0) is 0 Å². The van der Waals surface area contributed by atoms with E-state index >= 15 is 0 Å². The Bertz CT molecular complexity index is 1260. The van der Waals surface area contributed by atoms with Gasteiger partial charge in [0.15, 0.2) is 5.65 Å². The topological polar surface area (TPSA) is 42.2 Å². The predicted molar refractivity (Wildman–Crippen MR) is 118 cm³/mol. The Balaban J connectivity index is 1.70. The summed E-state index contributed by atoms with van der Waals surface area (Å²) in [7, 11) is 0. The molecule has 0 amide bonds. The molecular formula is C25H20N4. The second-order valence-electron chi connectivity index (χ2n) is 7.04. The summed E-state index contributed by atoms with van der Waals surface area (Å²) in [6.07, 6.45) is 1.88. The zero-order valence-corrected chi connectivity index (χ0v) is 16.1. The monoisotopic (exact) mass is 376 g/mol. The first kappa shape index (κ1) is 17.2. The minimum absolute atomic E-state index is 0.826. The minimum atomic E-state index is 0.826. The van der Waals surface area contributed by atoms with Crippen LogP contribution in [0.3, 0.4) is 0 Å². The third-order valence-electron chi connectivity index (χ3n) is 4.95. The summed E-state index contributed by atoms with van der Waals surface area (Å²) in [4.78, 5) is 4.96. The minimum Gasteiger partial charge on any atom is -0.340 e. The molecule has 0 saturated heterocycles. The normalized spacial score (nSPS) is 10.9. The van der Waals surface area contributed by atoms with E-state index in [1.54, 1.807) is 0 Å². The maximum Gasteiger partial charge on any atom is 0.165 e. The van der Waals surface area contributed by atoms with Gasteiger partial charge in [0.25, 0.3) is 0 Å². The van der Waals surface area contributed by atoms with Crippen LogP contribution in [0.25, 0.3) is 28.0 Å².